The lowest BCUT2D eigenvalue weighted by atomic mass is 10.2. The van der Waals surface area contributed by atoms with Crippen molar-refractivity contribution in [3.05, 3.63) is 29.8 Å². The van der Waals surface area contributed by atoms with Gasteiger partial charge < -0.3 is 10.1 Å². The normalized spacial score (nSPS) is 11.1. The lowest BCUT2D eigenvalue weighted by molar-refractivity contribution is -0.137. The molecule has 100 valence electrons. The third-order valence-electron chi connectivity index (χ3n) is 2.12. The van der Waals surface area contributed by atoms with Gasteiger partial charge in [0, 0.05) is 6.54 Å². The molecule has 0 fully saturated rings. The number of halogens is 3. The molecule has 1 rings (SSSR count). The van der Waals surface area contributed by atoms with Crippen molar-refractivity contribution < 1.29 is 22.7 Å². The Hall–Kier alpha value is -1.72. The van der Waals surface area contributed by atoms with Gasteiger partial charge in [-0.1, -0.05) is 6.92 Å². The maximum atomic E-state index is 12.3. The number of amides is 1. The Balaban J connectivity index is 2.47. The summed E-state index contributed by atoms with van der Waals surface area (Å²) in [6.07, 6.45) is -3.55. The Morgan fingerprint density at radius 1 is 1.28 bits per heavy atom. The molecule has 0 aromatic heterocycles. The Bertz CT molecular complexity index is 387. The lowest BCUT2D eigenvalue weighted by Gasteiger charge is -2.09. The van der Waals surface area contributed by atoms with E-state index in [2.05, 4.69) is 5.32 Å². The van der Waals surface area contributed by atoms with Crippen LogP contribution in [0.2, 0.25) is 0 Å². The van der Waals surface area contributed by atoms with E-state index in [1.54, 1.807) is 0 Å². The first-order valence-electron chi connectivity index (χ1n) is 5.50. The number of nitrogens with one attached hydrogen (secondary N) is 1. The summed E-state index contributed by atoms with van der Waals surface area (Å²) < 4.78 is 41.9. The fourth-order valence-electron chi connectivity index (χ4n) is 1.20. The third kappa shape index (κ3) is 4.65. The number of rotatable bonds is 5. The summed E-state index contributed by atoms with van der Waals surface area (Å²) in [5, 5.41) is 2.59. The van der Waals surface area contributed by atoms with E-state index in [0.717, 1.165) is 18.6 Å². The fraction of sp³-hybridized carbons (Fsp3) is 0.417. The van der Waals surface area contributed by atoms with Gasteiger partial charge in [-0.2, -0.15) is 13.2 Å². The molecular formula is C12H14F3NO2. The molecule has 0 spiro atoms. The van der Waals surface area contributed by atoms with Crippen LogP contribution in [0.3, 0.4) is 0 Å². The number of ether oxygens (including phenoxy) is 1. The van der Waals surface area contributed by atoms with Crippen molar-refractivity contribution in [1.29, 1.82) is 0 Å². The van der Waals surface area contributed by atoms with Crippen molar-refractivity contribution in [2.24, 2.45) is 0 Å². The van der Waals surface area contributed by atoms with Crippen molar-refractivity contribution in [3.63, 3.8) is 0 Å². The molecule has 0 saturated carbocycles. The Labute approximate surface area is 103 Å². The van der Waals surface area contributed by atoms with Gasteiger partial charge in [-0.15, -0.1) is 0 Å². The molecule has 0 atom stereocenters. The van der Waals surface area contributed by atoms with E-state index in [-0.39, 0.29) is 18.3 Å². The van der Waals surface area contributed by atoms with Crippen LogP contribution >= 0.6 is 0 Å². The maximum Gasteiger partial charge on any atom is 0.416 e. The highest BCUT2D eigenvalue weighted by Gasteiger charge is 2.29. The highest BCUT2D eigenvalue weighted by molar-refractivity contribution is 5.77. The molecule has 1 aromatic rings. The third-order valence-corrected chi connectivity index (χ3v) is 2.12. The van der Waals surface area contributed by atoms with Gasteiger partial charge in [0.2, 0.25) is 0 Å². The summed E-state index contributed by atoms with van der Waals surface area (Å²) in [7, 11) is 0. The van der Waals surface area contributed by atoms with Gasteiger partial charge in [0.25, 0.3) is 5.91 Å². The van der Waals surface area contributed by atoms with E-state index >= 15 is 0 Å². The molecule has 0 bridgehead atoms. The van der Waals surface area contributed by atoms with Crippen molar-refractivity contribution in [2.75, 3.05) is 13.2 Å². The summed E-state index contributed by atoms with van der Waals surface area (Å²) in [5.41, 5.74) is -0.745. The lowest BCUT2D eigenvalue weighted by Crippen LogP contribution is -2.29. The minimum absolute atomic E-state index is 0.203. The number of carbonyl (C=O) groups excluding carboxylic acids is 1. The molecule has 0 aliphatic carbocycles. The molecule has 0 radical (unpaired) electrons. The highest BCUT2D eigenvalue weighted by Crippen LogP contribution is 2.30. The van der Waals surface area contributed by atoms with Crippen LogP contribution < -0.4 is 10.1 Å². The zero-order chi connectivity index (χ0) is 13.6. The summed E-state index contributed by atoms with van der Waals surface area (Å²) in [6, 6.07) is 4.21. The van der Waals surface area contributed by atoms with Crippen LogP contribution in [0.15, 0.2) is 24.3 Å². The van der Waals surface area contributed by atoms with Crippen molar-refractivity contribution in [2.45, 2.75) is 19.5 Å². The van der Waals surface area contributed by atoms with E-state index in [9.17, 15) is 18.0 Å². The number of benzene rings is 1. The average molecular weight is 261 g/mol. The highest BCUT2D eigenvalue weighted by atomic mass is 19.4. The van der Waals surface area contributed by atoms with E-state index in [1.807, 2.05) is 6.92 Å². The second kappa shape index (κ2) is 6.28. The molecule has 6 heteroatoms. The van der Waals surface area contributed by atoms with Gasteiger partial charge in [0.05, 0.1) is 5.56 Å². The largest absolute Gasteiger partial charge is 0.484 e. The van der Waals surface area contributed by atoms with Crippen LogP contribution in [0.25, 0.3) is 0 Å². The first kappa shape index (κ1) is 14.3. The van der Waals surface area contributed by atoms with Crippen LogP contribution in [-0.4, -0.2) is 19.1 Å². The standard InChI is InChI=1S/C12H14F3NO2/c1-2-7-16-11(17)8-18-10-5-3-9(4-6-10)12(13,14)15/h3-6H,2,7-8H2,1H3,(H,16,17). The smallest absolute Gasteiger partial charge is 0.416 e. The minimum atomic E-state index is -4.36. The van der Waals surface area contributed by atoms with E-state index in [0.29, 0.717) is 6.54 Å². The molecule has 1 aromatic carbocycles. The van der Waals surface area contributed by atoms with Crippen LogP contribution in [0.1, 0.15) is 18.9 Å². The molecular weight excluding hydrogens is 247 g/mol. The van der Waals surface area contributed by atoms with Crippen molar-refractivity contribution in [3.8, 4) is 5.75 Å². The Morgan fingerprint density at radius 2 is 1.89 bits per heavy atom. The van der Waals surface area contributed by atoms with Crippen LogP contribution in [0.4, 0.5) is 13.2 Å². The Morgan fingerprint density at radius 3 is 2.39 bits per heavy atom. The fourth-order valence-corrected chi connectivity index (χ4v) is 1.20. The predicted octanol–water partition coefficient (Wildman–Crippen LogP) is 2.61. The monoisotopic (exact) mass is 261 g/mol. The summed E-state index contributed by atoms with van der Waals surface area (Å²) in [5.74, 6) is -0.0635. The molecule has 1 N–H and O–H groups in total. The number of hydrogen-bond acceptors (Lipinski definition) is 2. The van der Waals surface area contributed by atoms with Gasteiger partial charge in [0.15, 0.2) is 6.61 Å². The summed E-state index contributed by atoms with van der Waals surface area (Å²) in [4.78, 5) is 11.2. The van der Waals surface area contributed by atoms with Gasteiger partial charge in [0.1, 0.15) is 5.75 Å². The summed E-state index contributed by atoms with van der Waals surface area (Å²) >= 11 is 0. The zero-order valence-electron chi connectivity index (χ0n) is 9.88. The molecule has 0 saturated heterocycles. The predicted molar refractivity (Wildman–Crippen MR) is 60.2 cm³/mol. The van der Waals surface area contributed by atoms with Crippen LogP contribution in [0.5, 0.6) is 5.75 Å². The first-order valence-corrected chi connectivity index (χ1v) is 5.50. The number of alkyl halides is 3. The minimum Gasteiger partial charge on any atom is -0.484 e. The van der Waals surface area contributed by atoms with Crippen LogP contribution in [-0.2, 0) is 11.0 Å². The van der Waals surface area contributed by atoms with Crippen LogP contribution in [0, 0.1) is 0 Å². The number of carbonyl (C=O) groups is 1. The first-order chi connectivity index (χ1) is 8.43. The maximum absolute atomic E-state index is 12.3. The van der Waals surface area contributed by atoms with Gasteiger partial charge >= 0.3 is 6.18 Å². The molecule has 0 aliphatic heterocycles. The quantitative estimate of drug-likeness (QED) is 0.884. The van der Waals surface area contributed by atoms with Crippen molar-refractivity contribution in [1.82, 2.24) is 5.32 Å². The van der Waals surface area contributed by atoms with Gasteiger partial charge in [-0.25, -0.2) is 0 Å². The van der Waals surface area contributed by atoms with Crippen molar-refractivity contribution >= 4 is 5.91 Å². The topological polar surface area (TPSA) is 38.3 Å². The van der Waals surface area contributed by atoms with E-state index in [4.69, 9.17) is 4.74 Å². The molecule has 0 aliphatic rings. The molecule has 0 heterocycles. The Kier molecular flexibility index (Phi) is 5.00. The second-order valence-electron chi connectivity index (χ2n) is 3.66. The number of hydrogen-bond donors (Lipinski definition) is 1. The zero-order valence-corrected chi connectivity index (χ0v) is 9.88. The summed E-state index contributed by atoms with van der Waals surface area (Å²) in [6.45, 7) is 2.26. The van der Waals surface area contributed by atoms with Gasteiger partial charge in [-0.3, -0.25) is 4.79 Å². The molecule has 0 unspecified atom stereocenters. The molecule has 18 heavy (non-hydrogen) atoms. The van der Waals surface area contributed by atoms with Gasteiger partial charge in [-0.05, 0) is 30.7 Å². The average Bonchev–Trinajstić information content (AvgIpc) is 2.33. The van der Waals surface area contributed by atoms with E-state index in [1.165, 1.54) is 12.1 Å². The SMILES string of the molecule is CCCNC(=O)COc1ccc(C(F)(F)F)cc1. The molecule has 3 nitrogen and oxygen atoms in total. The second-order valence-corrected chi connectivity index (χ2v) is 3.66. The molecule has 1 amide bonds. The van der Waals surface area contributed by atoms with E-state index < -0.39 is 11.7 Å².